The zero-order chi connectivity index (χ0) is 38.8. The largest absolute Gasteiger partial charge is 0.550 e. The molecule has 5 aliphatic rings. The number of aliphatic hydroxyl groups is 4. The van der Waals surface area contributed by atoms with E-state index in [1.807, 2.05) is 0 Å². The number of carboxylic acids is 1. The molecule has 5 fully saturated rings. The van der Waals surface area contributed by atoms with Crippen molar-refractivity contribution in [2.45, 2.75) is 177 Å². The van der Waals surface area contributed by atoms with Crippen LogP contribution in [-0.4, -0.2) is 128 Å². The monoisotopic (exact) mass is 771 g/mol. The van der Waals surface area contributed by atoms with Crippen molar-refractivity contribution in [2.24, 2.45) is 40.7 Å². The first-order valence-electron chi connectivity index (χ1n) is 21.6. The molecule has 9 unspecified atom stereocenters. The molecule has 314 valence electrons. The zero-order valence-electron chi connectivity index (χ0n) is 33.5. The molecule has 0 bridgehead atoms. The Morgan fingerprint density at radius 1 is 0.926 bits per heavy atom. The third-order valence-electron chi connectivity index (χ3n) is 14.6. The lowest BCUT2D eigenvalue weighted by Gasteiger charge is -2.49. The molecular weight excluding hydrogens is 694 g/mol. The number of carbonyl (C=O) groups excluding carboxylic acids is 1. The molecule has 13 heteroatoms. The summed E-state index contributed by atoms with van der Waals surface area (Å²) < 4.78 is 25.1. The van der Waals surface area contributed by atoms with Crippen LogP contribution in [0, 0.1) is 35.0 Å². The lowest BCUT2D eigenvalue weighted by Crippen LogP contribution is -2.95. The van der Waals surface area contributed by atoms with Gasteiger partial charge in [0.2, 0.25) is 0 Å². The van der Waals surface area contributed by atoms with E-state index in [9.17, 15) is 30.3 Å². The minimum Gasteiger partial charge on any atom is -0.550 e. The molecule has 0 radical (unpaired) electrons. The van der Waals surface area contributed by atoms with Crippen LogP contribution < -0.4 is 21.5 Å². The molecular formula is C41H76N3O10+. The van der Waals surface area contributed by atoms with Crippen molar-refractivity contribution in [3.63, 3.8) is 0 Å². The predicted octanol–water partition coefficient (Wildman–Crippen LogP) is -0.452. The Balaban J connectivity index is 1.32. The molecule has 0 aromatic heterocycles. The van der Waals surface area contributed by atoms with E-state index in [-0.39, 0.29) is 54.9 Å². The van der Waals surface area contributed by atoms with Gasteiger partial charge < -0.3 is 59.9 Å². The third-order valence-corrected chi connectivity index (χ3v) is 14.6. The van der Waals surface area contributed by atoms with Gasteiger partial charge in [0.25, 0.3) is 0 Å². The Morgan fingerprint density at radius 2 is 1.67 bits per heavy atom. The molecule has 5 rings (SSSR count). The number of hydrogen-bond donors (Lipinski definition) is 7. The summed E-state index contributed by atoms with van der Waals surface area (Å²) in [5, 5.41) is 61.0. The number of carboxylic acid groups (broad SMARTS) is 1. The van der Waals surface area contributed by atoms with Gasteiger partial charge in [-0.15, -0.1) is 0 Å². The number of rotatable bonds is 18. The molecule has 3 saturated carbocycles. The quantitative estimate of drug-likeness (QED) is 0.0948. The average molecular weight is 771 g/mol. The molecule has 10 N–H and O–H groups in total. The first-order valence-corrected chi connectivity index (χ1v) is 21.6. The Bertz CT molecular complexity index is 1120. The van der Waals surface area contributed by atoms with E-state index in [0.29, 0.717) is 57.0 Å². The summed E-state index contributed by atoms with van der Waals surface area (Å²) in [6, 6.07) is -0.139. The highest BCUT2D eigenvalue weighted by molar-refractivity contribution is 5.73. The Labute approximate surface area is 323 Å². The molecule has 0 spiro atoms. The van der Waals surface area contributed by atoms with Crippen LogP contribution in [0.15, 0.2) is 0 Å². The van der Waals surface area contributed by atoms with E-state index in [2.05, 4.69) is 17.6 Å². The van der Waals surface area contributed by atoms with Gasteiger partial charge in [0.15, 0.2) is 0 Å². The number of likely N-dealkylation sites (N-methyl/N-ethyl adjacent to an activating group) is 1. The summed E-state index contributed by atoms with van der Waals surface area (Å²) in [6.07, 6.45) is 9.20. The fourth-order valence-corrected chi connectivity index (χ4v) is 11.5. The van der Waals surface area contributed by atoms with Crippen molar-refractivity contribution < 1.29 is 59.9 Å². The van der Waals surface area contributed by atoms with E-state index >= 15 is 0 Å². The van der Waals surface area contributed by atoms with Gasteiger partial charge in [-0.3, -0.25) is 5.73 Å². The molecule has 13 nitrogen and oxygen atoms in total. The molecule has 2 aliphatic heterocycles. The molecule has 0 amide bonds. The molecule has 2 heterocycles. The minimum atomic E-state index is -0.942. The predicted molar refractivity (Wildman–Crippen MR) is 200 cm³/mol. The van der Waals surface area contributed by atoms with Crippen molar-refractivity contribution in [3.05, 3.63) is 0 Å². The standard InChI is InChI=1S/C41H75N3O10/c1-4-43-31(30(18-26-12-16-44-37(42)20-26)41(40(49)50)14-6-5-7-15-41)24-53-36-22-27(21-35(52-3)38(36)48)39-29(13-17-45)33(47)23-28(54-39)10-8-25-9-11-32(46)34(19-25)51-2/h25-39,43-48H,4-24,42H2,1-3H3,(H,49,50)/p+1/t25?,26?,27?,28-,29-,30-,31+,32?,33-,34?,35?,36?,37?,38?,39-/m0/s1. The van der Waals surface area contributed by atoms with Gasteiger partial charge in [-0.25, -0.2) is 0 Å². The van der Waals surface area contributed by atoms with Gasteiger partial charge in [-0.2, -0.15) is 0 Å². The smallest absolute Gasteiger partial charge is 0.137 e. The van der Waals surface area contributed by atoms with Crippen LogP contribution in [0.4, 0.5) is 0 Å². The first-order chi connectivity index (χ1) is 26.0. The van der Waals surface area contributed by atoms with Gasteiger partial charge in [-0.05, 0) is 108 Å². The van der Waals surface area contributed by atoms with Crippen LogP contribution in [0.25, 0.3) is 0 Å². The summed E-state index contributed by atoms with van der Waals surface area (Å²) in [5.41, 5.74) is 5.46. The SMILES string of the molecule is CC[NH2+][C@H](COC1CC([C@@H]2O[C@@H](CCC3CCC(O)C(OC)C3)C[C@H](O)[C@@H]2CCO)CC(OC)C1O)[C@H](CC1CC[NH2+]C(N)C1)C1(C(=O)[O-])CCCCC1. The maximum absolute atomic E-state index is 13.2. The van der Waals surface area contributed by atoms with Crippen molar-refractivity contribution >= 4 is 5.97 Å². The first kappa shape index (κ1) is 44.1. The van der Waals surface area contributed by atoms with Crippen molar-refractivity contribution in [1.82, 2.24) is 0 Å². The van der Waals surface area contributed by atoms with Gasteiger partial charge >= 0.3 is 0 Å². The molecule has 0 aromatic rings. The van der Waals surface area contributed by atoms with Crippen LogP contribution in [0.2, 0.25) is 0 Å². The van der Waals surface area contributed by atoms with E-state index in [1.165, 1.54) is 0 Å². The Kier molecular flexibility index (Phi) is 17.3. The van der Waals surface area contributed by atoms with Crippen LogP contribution in [0.1, 0.15) is 116 Å². The maximum Gasteiger partial charge on any atom is 0.137 e. The maximum atomic E-state index is 13.2. The number of quaternary nitrogens is 2. The van der Waals surface area contributed by atoms with E-state index in [1.54, 1.807) is 14.2 Å². The number of methoxy groups -OCH3 is 2. The lowest BCUT2D eigenvalue weighted by atomic mass is 9.60. The van der Waals surface area contributed by atoms with E-state index in [4.69, 9.17) is 24.7 Å². The second-order valence-corrected chi connectivity index (χ2v) is 17.9. The number of carbonyl (C=O) groups is 1. The highest BCUT2D eigenvalue weighted by Gasteiger charge is 2.50. The second-order valence-electron chi connectivity index (χ2n) is 17.9. The fourth-order valence-electron chi connectivity index (χ4n) is 11.5. The van der Waals surface area contributed by atoms with E-state index in [0.717, 1.165) is 83.7 Å². The van der Waals surface area contributed by atoms with E-state index < -0.39 is 41.9 Å². The summed E-state index contributed by atoms with van der Waals surface area (Å²) in [5.74, 6) is -0.694. The number of ether oxygens (including phenoxy) is 4. The molecule has 3 aliphatic carbocycles. The number of aliphatic hydroxyl groups excluding tert-OH is 4. The van der Waals surface area contributed by atoms with Gasteiger partial charge in [0.1, 0.15) is 18.3 Å². The molecule has 54 heavy (non-hydrogen) atoms. The fraction of sp³-hybridized carbons (Fsp3) is 0.976. The van der Waals surface area contributed by atoms with Crippen LogP contribution in [0.5, 0.6) is 0 Å². The van der Waals surface area contributed by atoms with Crippen molar-refractivity contribution in [1.29, 1.82) is 0 Å². The Hall–Kier alpha value is -0.970. The summed E-state index contributed by atoms with van der Waals surface area (Å²) in [6.45, 7) is 4.04. The molecule has 2 saturated heterocycles. The minimum absolute atomic E-state index is 0.0267. The molecule has 0 aromatic carbocycles. The van der Waals surface area contributed by atoms with Crippen LogP contribution in [-0.2, 0) is 23.7 Å². The zero-order valence-corrected chi connectivity index (χ0v) is 33.5. The highest BCUT2D eigenvalue weighted by atomic mass is 16.5. The highest BCUT2D eigenvalue weighted by Crippen LogP contribution is 2.47. The summed E-state index contributed by atoms with van der Waals surface area (Å²) in [4.78, 5) is 13.2. The number of aliphatic carboxylic acids is 1. The average Bonchev–Trinajstić information content (AvgIpc) is 3.17. The lowest BCUT2D eigenvalue weighted by molar-refractivity contribution is -0.703. The third kappa shape index (κ3) is 10.9. The van der Waals surface area contributed by atoms with Crippen molar-refractivity contribution in [2.75, 3.05) is 40.5 Å². The second kappa shape index (κ2) is 21.2. The number of piperidine rings is 1. The van der Waals surface area contributed by atoms with Gasteiger partial charge in [0.05, 0.1) is 62.4 Å². The normalized spacial score (nSPS) is 40.2. The Morgan fingerprint density at radius 3 is 2.33 bits per heavy atom. The van der Waals surface area contributed by atoms with Crippen LogP contribution >= 0.6 is 0 Å². The summed E-state index contributed by atoms with van der Waals surface area (Å²) in [7, 11) is 3.26. The van der Waals surface area contributed by atoms with Crippen molar-refractivity contribution in [3.8, 4) is 0 Å². The van der Waals surface area contributed by atoms with Crippen LogP contribution in [0.3, 0.4) is 0 Å². The topological polar surface area (TPSA) is 217 Å². The van der Waals surface area contributed by atoms with Gasteiger partial charge in [-0.1, -0.05) is 19.3 Å². The summed E-state index contributed by atoms with van der Waals surface area (Å²) >= 11 is 0. The number of hydrogen-bond acceptors (Lipinski definition) is 11. The van der Waals surface area contributed by atoms with Gasteiger partial charge in [0, 0.05) is 50.5 Å². The molecule has 15 atom stereocenters. The number of nitrogens with two attached hydrogens (primary N) is 3.